The molecule has 0 aromatic heterocycles. The van der Waals surface area contributed by atoms with Crippen molar-refractivity contribution in [3.05, 3.63) is 11.8 Å². The fraction of sp³-hybridized carbons (Fsp3) is 0.667. The van der Waals surface area contributed by atoms with E-state index in [9.17, 15) is 4.79 Å². The Morgan fingerprint density at radius 2 is 2.54 bits per heavy atom. The number of nitrogens with two attached hydrogens (primary N) is 1. The van der Waals surface area contributed by atoms with Crippen molar-refractivity contribution < 1.29 is 14.6 Å². The van der Waals surface area contributed by atoms with Crippen molar-refractivity contribution in [1.29, 1.82) is 0 Å². The first-order valence-electron chi connectivity index (χ1n) is 4.48. The summed E-state index contributed by atoms with van der Waals surface area (Å²) in [5, 5.41) is 8.61. The van der Waals surface area contributed by atoms with Crippen LogP contribution >= 0.6 is 0 Å². The highest BCUT2D eigenvalue weighted by molar-refractivity contribution is 5.67. The number of ether oxygens (including phenoxy) is 1. The minimum absolute atomic E-state index is 0.0579. The SMILES string of the molecule is NCC(CC(=O)O)C1=CCCCO1. The van der Waals surface area contributed by atoms with Gasteiger partial charge in [0.25, 0.3) is 0 Å². The normalized spacial score (nSPS) is 18.7. The first-order chi connectivity index (χ1) is 6.24. The maximum Gasteiger partial charge on any atom is 0.304 e. The third kappa shape index (κ3) is 3.06. The molecular weight excluding hydrogens is 170 g/mol. The van der Waals surface area contributed by atoms with Gasteiger partial charge in [0.1, 0.15) is 0 Å². The van der Waals surface area contributed by atoms with Crippen LogP contribution in [0.2, 0.25) is 0 Å². The second-order valence-electron chi connectivity index (χ2n) is 3.13. The molecule has 0 fully saturated rings. The van der Waals surface area contributed by atoms with E-state index in [0.29, 0.717) is 13.2 Å². The fourth-order valence-corrected chi connectivity index (χ4v) is 1.37. The molecule has 0 aromatic rings. The molecule has 0 spiro atoms. The van der Waals surface area contributed by atoms with Crippen molar-refractivity contribution in [3.8, 4) is 0 Å². The second-order valence-corrected chi connectivity index (χ2v) is 3.13. The molecule has 74 valence electrons. The highest BCUT2D eigenvalue weighted by atomic mass is 16.5. The number of carboxylic acids is 1. The van der Waals surface area contributed by atoms with Gasteiger partial charge >= 0.3 is 5.97 Å². The molecule has 1 heterocycles. The van der Waals surface area contributed by atoms with E-state index < -0.39 is 5.97 Å². The minimum Gasteiger partial charge on any atom is -0.498 e. The lowest BCUT2D eigenvalue weighted by molar-refractivity contribution is -0.138. The molecule has 0 bridgehead atoms. The van der Waals surface area contributed by atoms with Gasteiger partial charge in [-0.3, -0.25) is 4.79 Å². The molecule has 0 aromatic carbocycles. The summed E-state index contributed by atoms with van der Waals surface area (Å²) in [4.78, 5) is 10.5. The lowest BCUT2D eigenvalue weighted by atomic mass is 10.0. The van der Waals surface area contributed by atoms with Gasteiger partial charge in [-0.25, -0.2) is 0 Å². The summed E-state index contributed by atoms with van der Waals surface area (Å²) in [7, 11) is 0. The van der Waals surface area contributed by atoms with Gasteiger partial charge in [-0.1, -0.05) is 0 Å². The zero-order valence-electron chi connectivity index (χ0n) is 7.53. The number of hydrogen-bond donors (Lipinski definition) is 2. The van der Waals surface area contributed by atoms with E-state index in [0.717, 1.165) is 18.6 Å². The monoisotopic (exact) mass is 185 g/mol. The third-order valence-electron chi connectivity index (χ3n) is 2.07. The minimum atomic E-state index is -0.828. The Kier molecular flexibility index (Phi) is 3.76. The molecule has 13 heavy (non-hydrogen) atoms. The van der Waals surface area contributed by atoms with Crippen LogP contribution in [-0.4, -0.2) is 24.2 Å². The molecule has 0 saturated carbocycles. The summed E-state index contributed by atoms with van der Waals surface area (Å²) < 4.78 is 5.35. The first kappa shape index (κ1) is 10.1. The number of allylic oxidation sites excluding steroid dienone is 1. The van der Waals surface area contributed by atoms with Crippen molar-refractivity contribution in [3.63, 3.8) is 0 Å². The van der Waals surface area contributed by atoms with Crippen molar-refractivity contribution in [2.45, 2.75) is 19.3 Å². The molecule has 1 aliphatic heterocycles. The van der Waals surface area contributed by atoms with Gasteiger partial charge in [-0.15, -0.1) is 0 Å². The lowest BCUT2D eigenvalue weighted by Crippen LogP contribution is -2.23. The Bertz CT molecular complexity index is 213. The van der Waals surface area contributed by atoms with E-state index in [-0.39, 0.29) is 12.3 Å². The standard InChI is InChI=1S/C9H15NO3/c10-6-7(5-9(11)12)8-3-1-2-4-13-8/h3,7H,1-2,4-6,10H2,(H,11,12). The quantitative estimate of drug-likeness (QED) is 0.677. The Labute approximate surface area is 77.4 Å². The summed E-state index contributed by atoms with van der Waals surface area (Å²) in [6.45, 7) is 1.01. The predicted octanol–water partition coefficient (Wildman–Crippen LogP) is 0.730. The molecule has 1 rings (SSSR count). The average molecular weight is 185 g/mol. The van der Waals surface area contributed by atoms with Crippen molar-refractivity contribution in [1.82, 2.24) is 0 Å². The van der Waals surface area contributed by atoms with Crippen LogP contribution < -0.4 is 5.73 Å². The van der Waals surface area contributed by atoms with Gasteiger partial charge in [-0.2, -0.15) is 0 Å². The molecule has 1 unspecified atom stereocenters. The fourth-order valence-electron chi connectivity index (χ4n) is 1.37. The molecule has 0 amide bonds. The second kappa shape index (κ2) is 4.87. The topological polar surface area (TPSA) is 72.6 Å². The van der Waals surface area contributed by atoms with Crippen LogP contribution in [0.25, 0.3) is 0 Å². The molecule has 1 atom stereocenters. The number of hydrogen-bond acceptors (Lipinski definition) is 3. The number of aliphatic carboxylic acids is 1. The third-order valence-corrected chi connectivity index (χ3v) is 2.07. The van der Waals surface area contributed by atoms with Crippen LogP contribution in [0.15, 0.2) is 11.8 Å². The number of carboxylic acid groups (broad SMARTS) is 1. The highest BCUT2D eigenvalue weighted by Crippen LogP contribution is 2.20. The van der Waals surface area contributed by atoms with E-state index in [2.05, 4.69) is 0 Å². The van der Waals surface area contributed by atoms with Crippen LogP contribution in [0.3, 0.4) is 0 Å². The Hall–Kier alpha value is -1.03. The van der Waals surface area contributed by atoms with Gasteiger partial charge in [0.2, 0.25) is 0 Å². The molecule has 0 aliphatic carbocycles. The van der Waals surface area contributed by atoms with E-state index >= 15 is 0 Å². The highest BCUT2D eigenvalue weighted by Gasteiger charge is 2.19. The van der Waals surface area contributed by atoms with E-state index in [1.165, 1.54) is 0 Å². The Morgan fingerprint density at radius 1 is 1.77 bits per heavy atom. The van der Waals surface area contributed by atoms with Crippen LogP contribution in [-0.2, 0) is 9.53 Å². The molecular formula is C9H15NO3. The van der Waals surface area contributed by atoms with Crippen molar-refractivity contribution >= 4 is 5.97 Å². The van der Waals surface area contributed by atoms with Crippen LogP contribution in [0.4, 0.5) is 0 Å². The van der Waals surface area contributed by atoms with Crippen LogP contribution in [0, 0.1) is 5.92 Å². The summed E-state index contributed by atoms with van der Waals surface area (Å²) in [5.41, 5.74) is 5.47. The van der Waals surface area contributed by atoms with Gasteiger partial charge in [0, 0.05) is 12.5 Å². The Morgan fingerprint density at radius 3 is 3.00 bits per heavy atom. The smallest absolute Gasteiger partial charge is 0.304 e. The van der Waals surface area contributed by atoms with E-state index in [1.807, 2.05) is 6.08 Å². The lowest BCUT2D eigenvalue weighted by Gasteiger charge is -2.21. The van der Waals surface area contributed by atoms with Crippen LogP contribution in [0.5, 0.6) is 0 Å². The molecule has 1 aliphatic rings. The predicted molar refractivity (Wildman–Crippen MR) is 48.1 cm³/mol. The molecule has 3 N–H and O–H groups in total. The summed E-state index contributed by atoms with van der Waals surface area (Å²) in [5.74, 6) is -0.223. The largest absolute Gasteiger partial charge is 0.498 e. The molecule has 4 nitrogen and oxygen atoms in total. The summed E-state index contributed by atoms with van der Waals surface area (Å²) in [6, 6.07) is 0. The number of carbonyl (C=O) groups is 1. The van der Waals surface area contributed by atoms with E-state index in [4.69, 9.17) is 15.6 Å². The maximum absolute atomic E-state index is 10.5. The van der Waals surface area contributed by atoms with E-state index in [1.54, 1.807) is 0 Å². The summed E-state index contributed by atoms with van der Waals surface area (Å²) in [6.07, 6.45) is 3.98. The first-order valence-corrected chi connectivity index (χ1v) is 4.48. The zero-order chi connectivity index (χ0) is 9.68. The van der Waals surface area contributed by atoms with Gasteiger partial charge < -0.3 is 15.6 Å². The van der Waals surface area contributed by atoms with Crippen LogP contribution in [0.1, 0.15) is 19.3 Å². The average Bonchev–Trinajstić information content (AvgIpc) is 2.15. The Balaban J connectivity index is 2.53. The van der Waals surface area contributed by atoms with Crippen molar-refractivity contribution in [2.75, 3.05) is 13.2 Å². The molecule has 0 radical (unpaired) electrons. The van der Waals surface area contributed by atoms with Gasteiger partial charge in [-0.05, 0) is 18.9 Å². The van der Waals surface area contributed by atoms with Gasteiger partial charge in [0.05, 0.1) is 18.8 Å². The number of rotatable bonds is 4. The zero-order valence-corrected chi connectivity index (χ0v) is 7.53. The molecule has 0 saturated heterocycles. The van der Waals surface area contributed by atoms with Gasteiger partial charge in [0.15, 0.2) is 0 Å². The maximum atomic E-state index is 10.5. The molecule has 4 heteroatoms. The summed E-state index contributed by atoms with van der Waals surface area (Å²) >= 11 is 0. The van der Waals surface area contributed by atoms with Crippen molar-refractivity contribution in [2.24, 2.45) is 11.7 Å².